The molecule has 3 heteroatoms. The van der Waals surface area contributed by atoms with Gasteiger partial charge in [0, 0.05) is 0 Å². The molecular weight excluding hydrogens is 194 g/mol. The third-order valence-corrected chi connectivity index (χ3v) is 2.33. The standard InChI is InChI=1S/C12H13NO2/c13-11(12(14)15)7-9-6-5-8-3-1-2-4-10(8)9/h1-4,6,11H,5,7,13H2,(H,14,15)/t11-/m0/s1/i1+1D,3+1D,6+1D,11+1D. The molecule has 0 aliphatic heterocycles. The third kappa shape index (κ3) is 1.92. The lowest BCUT2D eigenvalue weighted by molar-refractivity contribution is -0.138. The van der Waals surface area contributed by atoms with Crippen LogP contribution in [0.1, 0.15) is 23.0 Å². The molecule has 0 bridgehead atoms. The summed E-state index contributed by atoms with van der Waals surface area (Å²) in [4.78, 5) is 10.9. The molecular formula is C12H13NO2. The van der Waals surface area contributed by atoms with E-state index in [4.69, 9.17) is 16.3 Å². The fourth-order valence-corrected chi connectivity index (χ4v) is 1.56. The van der Waals surface area contributed by atoms with Gasteiger partial charge in [0.05, 0.1) is 5.48 Å². The smallest absolute Gasteiger partial charge is 0.320 e. The summed E-state index contributed by atoms with van der Waals surface area (Å²) in [5, 5.41) is 8.87. The molecule has 78 valence electrons. The van der Waals surface area contributed by atoms with Crippen molar-refractivity contribution in [3.8, 4) is 0 Å². The molecule has 0 unspecified atom stereocenters. The highest BCUT2D eigenvalue weighted by atomic mass is 16.4. The Hall–Kier alpha value is -1.61. The molecule has 15 heavy (non-hydrogen) atoms. The minimum absolute atomic E-state index is 0.0418. The maximum absolute atomic E-state index is 10.9. The van der Waals surface area contributed by atoms with Crippen molar-refractivity contribution in [3.63, 3.8) is 0 Å². The van der Waals surface area contributed by atoms with Crippen LogP contribution in [0.4, 0.5) is 0 Å². The van der Waals surface area contributed by atoms with Gasteiger partial charge in [-0.1, -0.05) is 30.3 Å². The maximum atomic E-state index is 10.9. The highest BCUT2D eigenvalue weighted by molar-refractivity contribution is 5.80. The predicted molar refractivity (Wildman–Crippen MR) is 58.4 cm³/mol. The lowest BCUT2D eigenvalue weighted by Gasteiger charge is -2.08. The summed E-state index contributed by atoms with van der Waals surface area (Å²) in [6, 6.07) is 1.10. The van der Waals surface area contributed by atoms with Gasteiger partial charge < -0.3 is 10.8 Å². The van der Waals surface area contributed by atoms with E-state index in [1.807, 2.05) is 0 Å². The van der Waals surface area contributed by atoms with Gasteiger partial charge in [-0.2, -0.15) is 0 Å². The monoisotopic (exact) mass is 211 g/mol. The zero-order chi connectivity index (χ0) is 14.4. The van der Waals surface area contributed by atoms with Gasteiger partial charge in [0.25, 0.3) is 0 Å². The van der Waals surface area contributed by atoms with Crippen molar-refractivity contribution < 1.29 is 15.4 Å². The Morgan fingerprint density at radius 2 is 2.60 bits per heavy atom. The van der Waals surface area contributed by atoms with Gasteiger partial charge in [-0.15, -0.1) is 0 Å². The zero-order valence-electron chi connectivity index (χ0n) is 12.0. The molecule has 0 amide bonds. The van der Waals surface area contributed by atoms with E-state index >= 15 is 0 Å². The Kier molecular flexibility index (Phi) is 1.57. The van der Waals surface area contributed by atoms with E-state index in [1.165, 1.54) is 6.07 Å². The lowest BCUT2D eigenvalue weighted by Crippen LogP contribution is -2.30. The van der Waals surface area contributed by atoms with Gasteiger partial charge in [0.1, 0.15) is 6.02 Å². The van der Waals surface area contributed by atoms with Crippen molar-refractivity contribution in [2.75, 3.05) is 0 Å². The van der Waals surface area contributed by atoms with Gasteiger partial charge in [-0.05, 0) is 29.5 Å². The summed E-state index contributed by atoms with van der Waals surface area (Å²) in [6.07, 6.45) is -0.100. The largest absolute Gasteiger partial charge is 0.480 e. The molecule has 1 aromatic rings. The minimum atomic E-state index is -2.19. The van der Waals surface area contributed by atoms with Crippen LogP contribution >= 0.6 is 0 Å². The second-order valence-corrected chi connectivity index (χ2v) is 3.33. The molecule has 1 aromatic carbocycles. The highest BCUT2D eigenvalue weighted by Crippen LogP contribution is 2.29. The van der Waals surface area contributed by atoms with E-state index < -0.39 is 12.0 Å². The minimum Gasteiger partial charge on any atom is -0.480 e. The van der Waals surface area contributed by atoms with E-state index in [0.717, 1.165) is 0 Å². The number of aliphatic carboxylic acids is 1. The van der Waals surface area contributed by atoms with E-state index in [2.05, 4.69) is 0 Å². The Morgan fingerprint density at radius 1 is 1.80 bits per heavy atom. The fourth-order valence-electron chi connectivity index (χ4n) is 1.56. The molecule has 3 N–H and O–H groups in total. The first kappa shape index (κ1) is 6.08. The highest BCUT2D eigenvalue weighted by Gasteiger charge is 2.19. The number of nitrogens with two attached hydrogens (primary N) is 1. The molecule has 0 aromatic heterocycles. The van der Waals surface area contributed by atoms with Crippen molar-refractivity contribution in [1.29, 1.82) is 0 Å². The summed E-state index contributed by atoms with van der Waals surface area (Å²) < 4.78 is 30.7. The number of benzene rings is 1. The van der Waals surface area contributed by atoms with E-state index in [0.29, 0.717) is 16.7 Å². The molecule has 0 saturated carbocycles. The summed E-state index contributed by atoms with van der Waals surface area (Å²) in [5.74, 6) is -1.45. The molecule has 0 fully saturated rings. The van der Waals surface area contributed by atoms with Crippen LogP contribution in [0.15, 0.2) is 30.3 Å². The van der Waals surface area contributed by atoms with Crippen LogP contribution in [0.25, 0.3) is 5.57 Å². The van der Waals surface area contributed by atoms with Crippen molar-refractivity contribution in [2.24, 2.45) is 5.73 Å². The number of allylic oxidation sites excluding steroid dienone is 1. The SMILES string of the molecule is [2H][13C]1=C(C[13C@]([2H])(N)C(=O)O)c2cc[13c]([2H])[13c]([2H])c2C1. The number of carbonyl (C=O) groups is 1. The molecule has 1 aliphatic carbocycles. The first-order chi connectivity index (χ1) is 8.74. The van der Waals surface area contributed by atoms with Crippen LogP contribution in [0.5, 0.6) is 0 Å². The first-order valence-electron chi connectivity index (χ1n) is 6.54. The molecule has 0 radical (unpaired) electrons. The van der Waals surface area contributed by atoms with Crippen LogP contribution in [0.3, 0.4) is 0 Å². The second kappa shape index (κ2) is 3.87. The number of rotatable bonds is 3. The average molecular weight is 211 g/mol. The fraction of sp³-hybridized carbons (Fsp3) is 0.250. The Labute approximate surface area is 93.8 Å². The van der Waals surface area contributed by atoms with Gasteiger partial charge in [0.2, 0.25) is 0 Å². The van der Waals surface area contributed by atoms with Gasteiger partial charge in [0.15, 0.2) is 0 Å². The Balaban J connectivity index is 2.43. The first-order valence-corrected chi connectivity index (χ1v) is 4.54. The molecule has 1 aliphatic rings. The molecule has 0 heterocycles. The number of carboxylic acids is 1. The van der Waals surface area contributed by atoms with Crippen molar-refractivity contribution in [3.05, 3.63) is 41.4 Å². The van der Waals surface area contributed by atoms with E-state index in [-0.39, 0.29) is 31.0 Å². The van der Waals surface area contributed by atoms with E-state index in [9.17, 15) is 4.79 Å². The summed E-state index contributed by atoms with van der Waals surface area (Å²) in [7, 11) is 0. The van der Waals surface area contributed by atoms with Gasteiger partial charge in [-0.25, -0.2) is 0 Å². The number of hydrogen-bond donors (Lipinski definition) is 2. The Morgan fingerprint density at radius 3 is 3.33 bits per heavy atom. The number of carboxylic acid groups (broad SMARTS) is 1. The van der Waals surface area contributed by atoms with Crippen LogP contribution in [0, 0.1) is 0 Å². The summed E-state index contributed by atoms with van der Waals surface area (Å²) >= 11 is 0. The quantitative estimate of drug-likeness (QED) is 0.743. The molecule has 0 saturated heterocycles. The van der Waals surface area contributed by atoms with Crippen molar-refractivity contribution in [2.45, 2.75) is 18.9 Å². The molecule has 1 atom stereocenters. The van der Waals surface area contributed by atoms with Crippen molar-refractivity contribution >= 4 is 11.5 Å². The van der Waals surface area contributed by atoms with Gasteiger partial charge in [-0.3, -0.25) is 4.79 Å². The number of hydrogen-bond acceptors (Lipinski definition) is 2. The average Bonchev–Trinajstić information content (AvgIpc) is 2.61. The molecule has 3 nitrogen and oxygen atoms in total. The van der Waals surface area contributed by atoms with E-state index in [1.54, 1.807) is 6.07 Å². The maximum Gasteiger partial charge on any atom is 0.320 e. The molecule has 0 spiro atoms. The summed E-state index contributed by atoms with van der Waals surface area (Å²) in [6.45, 7) is 0. The normalized spacial score (nSPS) is 22.2. The molecule has 2 rings (SSSR count). The topological polar surface area (TPSA) is 63.3 Å². The van der Waals surface area contributed by atoms with Crippen LogP contribution in [0.2, 0.25) is 0 Å². The van der Waals surface area contributed by atoms with Crippen molar-refractivity contribution in [1.82, 2.24) is 0 Å². The lowest BCUT2D eigenvalue weighted by atomic mass is 10.1. The van der Waals surface area contributed by atoms with Crippen LogP contribution < -0.4 is 5.73 Å². The predicted octanol–water partition coefficient (Wildman–Crippen LogP) is 1.43. The Bertz CT molecular complexity index is 596. The number of fused-ring (bicyclic) bond motifs is 1. The third-order valence-electron chi connectivity index (χ3n) is 2.33. The van der Waals surface area contributed by atoms with Gasteiger partial charge >= 0.3 is 5.97 Å². The summed E-state index contributed by atoms with van der Waals surface area (Å²) in [5.41, 5.74) is 6.87. The van der Waals surface area contributed by atoms with Crippen LogP contribution in [-0.4, -0.2) is 17.1 Å². The second-order valence-electron chi connectivity index (χ2n) is 3.33. The zero-order valence-corrected chi connectivity index (χ0v) is 8.00. The van der Waals surface area contributed by atoms with Crippen LogP contribution in [-0.2, 0) is 11.2 Å².